The predicted octanol–water partition coefficient (Wildman–Crippen LogP) is 4.35. The van der Waals surface area contributed by atoms with Gasteiger partial charge in [-0.3, -0.25) is 4.79 Å². The number of carbonyl (C=O) groups excluding carboxylic acids is 1. The van der Waals surface area contributed by atoms with Crippen molar-refractivity contribution in [2.75, 3.05) is 18.1 Å². The zero-order valence-electron chi connectivity index (χ0n) is 16.5. The highest BCUT2D eigenvalue weighted by atomic mass is 35.5. The molecule has 0 bridgehead atoms. The molecular formula is C22H26ClNO4S. The molecule has 156 valence electrons. The molecular weight excluding hydrogens is 410 g/mol. The van der Waals surface area contributed by atoms with Crippen LogP contribution < -0.4 is 4.74 Å². The summed E-state index contributed by atoms with van der Waals surface area (Å²) < 4.78 is 29.7. The van der Waals surface area contributed by atoms with Gasteiger partial charge in [-0.1, -0.05) is 43.1 Å². The van der Waals surface area contributed by atoms with E-state index in [-0.39, 0.29) is 30.0 Å². The molecule has 0 radical (unpaired) electrons. The lowest BCUT2D eigenvalue weighted by Gasteiger charge is -2.29. The monoisotopic (exact) mass is 435 g/mol. The van der Waals surface area contributed by atoms with Gasteiger partial charge in [0.15, 0.2) is 9.84 Å². The first-order valence-electron chi connectivity index (χ1n) is 9.87. The Bertz CT molecular complexity index is 944. The molecule has 2 aromatic carbocycles. The van der Waals surface area contributed by atoms with Crippen molar-refractivity contribution in [2.45, 2.75) is 38.8 Å². The molecule has 0 spiro atoms. The fraction of sp³-hybridized carbons (Fsp3) is 0.409. The van der Waals surface area contributed by atoms with Crippen LogP contribution in [0, 0.1) is 0 Å². The van der Waals surface area contributed by atoms with E-state index in [4.69, 9.17) is 16.3 Å². The lowest BCUT2D eigenvalue weighted by atomic mass is 10.1. The second-order valence-corrected chi connectivity index (χ2v) is 9.94. The summed E-state index contributed by atoms with van der Waals surface area (Å²) in [5, 5.41) is 0.561. The maximum absolute atomic E-state index is 13.3. The standard InChI is InChI=1S/C22H26ClNO4S/c1-2-3-13-28-20-10-8-17(9-11-20)22(25)24(19-12-14-29(26,27)16-19)15-18-6-4-5-7-21(18)23/h4-11,19H,2-3,12-16H2,1H3. The van der Waals surface area contributed by atoms with Gasteiger partial charge in [0.1, 0.15) is 5.75 Å². The van der Waals surface area contributed by atoms with Crippen LogP contribution in [0.1, 0.15) is 42.1 Å². The quantitative estimate of drug-likeness (QED) is 0.578. The fourth-order valence-electron chi connectivity index (χ4n) is 3.39. The minimum absolute atomic E-state index is 0.0125. The molecule has 2 aromatic rings. The van der Waals surface area contributed by atoms with E-state index >= 15 is 0 Å². The number of carbonyl (C=O) groups is 1. The molecule has 29 heavy (non-hydrogen) atoms. The van der Waals surface area contributed by atoms with Gasteiger partial charge in [-0.2, -0.15) is 0 Å². The van der Waals surface area contributed by atoms with E-state index in [0.717, 1.165) is 24.2 Å². The van der Waals surface area contributed by atoms with Crippen LogP contribution in [0.4, 0.5) is 0 Å². The van der Waals surface area contributed by atoms with Crippen molar-refractivity contribution in [3.63, 3.8) is 0 Å². The minimum Gasteiger partial charge on any atom is -0.494 e. The summed E-state index contributed by atoms with van der Waals surface area (Å²) in [7, 11) is -3.13. The molecule has 1 unspecified atom stereocenters. The van der Waals surface area contributed by atoms with Gasteiger partial charge in [-0.05, 0) is 48.7 Å². The maximum atomic E-state index is 13.3. The van der Waals surface area contributed by atoms with Gasteiger partial charge in [0.25, 0.3) is 5.91 Å². The number of rotatable bonds is 8. The lowest BCUT2D eigenvalue weighted by Crippen LogP contribution is -2.40. The molecule has 1 fully saturated rings. The number of amides is 1. The predicted molar refractivity (Wildman–Crippen MR) is 115 cm³/mol. The highest BCUT2D eigenvalue weighted by Gasteiger charge is 2.35. The van der Waals surface area contributed by atoms with Crippen LogP contribution in [0.5, 0.6) is 5.75 Å². The SMILES string of the molecule is CCCCOc1ccc(C(=O)N(Cc2ccccc2Cl)C2CCS(=O)(=O)C2)cc1. The second kappa shape index (κ2) is 9.63. The van der Waals surface area contributed by atoms with Crippen molar-refractivity contribution < 1.29 is 17.9 Å². The molecule has 0 saturated carbocycles. The summed E-state index contributed by atoms with van der Waals surface area (Å²) in [4.78, 5) is 14.9. The highest BCUT2D eigenvalue weighted by Crippen LogP contribution is 2.25. The summed E-state index contributed by atoms with van der Waals surface area (Å²) in [6.45, 7) is 3.01. The van der Waals surface area contributed by atoms with Crippen LogP contribution in [0.2, 0.25) is 5.02 Å². The molecule has 5 nitrogen and oxygen atoms in total. The molecule has 1 atom stereocenters. The number of ether oxygens (including phenoxy) is 1. The van der Waals surface area contributed by atoms with E-state index in [1.807, 2.05) is 18.2 Å². The Labute approximate surface area is 177 Å². The Kier molecular flexibility index (Phi) is 7.19. The smallest absolute Gasteiger partial charge is 0.254 e. The Balaban J connectivity index is 1.81. The molecule has 1 amide bonds. The van der Waals surface area contributed by atoms with Gasteiger partial charge in [-0.15, -0.1) is 0 Å². The van der Waals surface area contributed by atoms with Gasteiger partial charge in [0.2, 0.25) is 0 Å². The third-order valence-electron chi connectivity index (χ3n) is 5.08. The van der Waals surface area contributed by atoms with Gasteiger partial charge in [0.05, 0.1) is 18.1 Å². The summed E-state index contributed by atoms with van der Waals surface area (Å²) in [6, 6.07) is 14.0. The fourth-order valence-corrected chi connectivity index (χ4v) is 5.32. The first-order chi connectivity index (χ1) is 13.9. The number of unbranched alkanes of at least 4 members (excludes halogenated alkanes) is 1. The summed E-state index contributed by atoms with van der Waals surface area (Å²) in [5.74, 6) is 0.610. The normalized spacial score (nSPS) is 17.8. The van der Waals surface area contributed by atoms with Crippen LogP contribution in [0.25, 0.3) is 0 Å². The van der Waals surface area contributed by atoms with Crippen LogP contribution in [0.3, 0.4) is 0 Å². The molecule has 1 aliphatic heterocycles. The average Bonchev–Trinajstić information content (AvgIpc) is 3.07. The van der Waals surface area contributed by atoms with Crippen molar-refractivity contribution in [2.24, 2.45) is 0 Å². The Morgan fingerprint density at radius 2 is 1.90 bits per heavy atom. The van der Waals surface area contributed by atoms with E-state index < -0.39 is 9.84 Å². The van der Waals surface area contributed by atoms with Crippen LogP contribution in [-0.4, -0.2) is 43.4 Å². The zero-order chi connectivity index (χ0) is 20.9. The largest absolute Gasteiger partial charge is 0.494 e. The van der Waals surface area contributed by atoms with Crippen LogP contribution in [-0.2, 0) is 16.4 Å². The van der Waals surface area contributed by atoms with Crippen molar-refractivity contribution in [1.82, 2.24) is 4.90 Å². The van der Waals surface area contributed by atoms with Crippen LogP contribution >= 0.6 is 11.6 Å². The van der Waals surface area contributed by atoms with Crippen LogP contribution in [0.15, 0.2) is 48.5 Å². The maximum Gasteiger partial charge on any atom is 0.254 e. The zero-order valence-corrected chi connectivity index (χ0v) is 18.1. The van der Waals surface area contributed by atoms with E-state index in [2.05, 4.69) is 6.92 Å². The third kappa shape index (κ3) is 5.73. The number of hydrogen-bond donors (Lipinski definition) is 0. The Morgan fingerprint density at radius 1 is 1.17 bits per heavy atom. The first-order valence-corrected chi connectivity index (χ1v) is 12.1. The Hall–Kier alpha value is -2.05. The van der Waals surface area contributed by atoms with Crippen molar-refractivity contribution >= 4 is 27.3 Å². The molecule has 0 N–H and O–H groups in total. The molecule has 7 heteroatoms. The highest BCUT2D eigenvalue weighted by molar-refractivity contribution is 7.91. The van der Waals surface area contributed by atoms with E-state index in [0.29, 0.717) is 23.6 Å². The third-order valence-corrected chi connectivity index (χ3v) is 7.20. The molecule has 3 rings (SSSR count). The van der Waals surface area contributed by atoms with E-state index in [1.54, 1.807) is 35.2 Å². The number of halogens is 1. The van der Waals surface area contributed by atoms with Gasteiger partial charge in [-0.25, -0.2) is 8.42 Å². The van der Waals surface area contributed by atoms with Gasteiger partial charge in [0, 0.05) is 23.2 Å². The average molecular weight is 436 g/mol. The van der Waals surface area contributed by atoms with Crippen molar-refractivity contribution in [3.8, 4) is 5.75 Å². The molecule has 0 aliphatic carbocycles. The van der Waals surface area contributed by atoms with Crippen molar-refractivity contribution in [1.29, 1.82) is 0 Å². The Morgan fingerprint density at radius 3 is 2.52 bits per heavy atom. The molecule has 1 heterocycles. The van der Waals surface area contributed by atoms with Gasteiger partial charge < -0.3 is 9.64 Å². The molecule has 0 aromatic heterocycles. The van der Waals surface area contributed by atoms with Gasteiger partial charge >= 0.3 is 0 Å². The first kappa shape index (κ1) is 21.7. The lowest BCUT2D eigenvalue weighted by molar-refractivity contribution is 0.0681. The molecule has 1 saturated heterocycles. The summed E-state index contributed by atoms with van der Waals surface area (Å²) >= 11 is 6.29. The number of benzene rings is 2. The second-order valence-electron chi connectivity index (χ2n) is 7.31. The summed E-state index contributed by atoms with van der Waals surface area (Å²) in [6.07, 6.45) is 2.47. The summed E-state index contributed by atoms with van der Waals surface area (Å²) in [5.41, 5.74) is 1.30. The number of nitrogens with zero attached hydrogens (tertiary/aromatic N) is 1. The minimum atomic E-state index is -3.13. The topological polar surface area (TPSA) is 63.7 Å². The van der Waals surface area contributed by atoms with Crippen molar-refractivity contribution in [3.05, 3.63) is 64.7 Å². The number of sulfone groups is 1. The van der Waals surface area contributed by atoms with E-state index in [1.165, 1.54) is 0 Å². The molecule has 1 aliphatic rings. The number of hydrogen-bond acceptors (Lipinski definition) is 4. The van der Waals surface area contributed by atoms with E-state index in [9.17, 15) is 13.2 Å².